The van der Waals surface area contributed by atoms with Gasteiger partial charge in [0.1, 0.15) is 12.6 Å². The maximum Gasteiger partial charge on any atom is 0.411 e. The molecule has 0 spiro atoms. The number of hydrogen-bond donors (Lipinski definition) is 2. The number of hydrazine groups is 1. The van der Waals surface area contributed by atoms with E-state index in [2.05, 4.69) is 0 Å². The maximum atomic E-state index is 13.4. The molecule has 4 N–H and O–H groups in total. The van der Waals surface area contributed by atoms with Crippen LogP contribution in [0.2, 0.25) is 0 Å². The van der Waals surface area contributed by atoms with Crippen molar-refractivity contribution in [2.45, 2.75) is 25.6 Å². The zero-order valence-corrected chi connectivity index (χ0v) is 17.9. The van der Waals surface area contributed by atoms with Crippen LogP contribution in [0.25, 0.3) is 0 Å². The highest BCUT2D eigenvalue weighted by molar-refractivity contribution is 6.00. The summed E-state index contributed by atoms with van der Waals surface area (Å²) in [5, 5.41) is 0.947. The first-order valence-electron chi connectivity index (χ1n) is 10.5. The summed E-state index contributed by atoms with van der Waals surface area (Å²) < 4.78 is 5.51. The number of nitrogens with two attached hydrogens (primary N) is 2. The van der Waals surface area contributed by atoms with Crippen LogP contribution in [0.5, 0.6) is 0 Å². The highest BCUT2D eigenvalue weighted by Gasteiger charge is 2.37. The molecule has 0 aliphatic carbocycles. The second-order valence-electron chi connectivity index (χ2n) is 7.78. The van der Waals surface area contributed by atoms with Crippen molar-refractivity contribution in [3.8, 4) is 0 Å². The Bertz CT molecular complexity index is 1180. The van der Waals surface area contributed by atoms with E-state index in [1.165, 1.54) is 17.0 Å². The van der Waals surface area contributed by atoms with E-state index in [-0.39, 0.29) is 18.7 Å². The number of rotatable bonds is 5. The van der Waals surface area contributed by atoms with E-state index in [0.29, 0.717) is 12.1 Å². The number of anilines is 1. The van der Waals surface area contributed by atoms with Crippen LogP contribution in [-0.2, 0) is 29.1 Å². The molecule has 3 amide bonds. The number of fused-ring (bicyclic) bond motifs is 1. The molecule has 3 aromatic carbocycles. The number of amides is 3. The molecule has 0 fully saturated rings. The minimum absolute atomic E-state index is 0.0890. The summed E-state index contributed by atoms with van der Waals surface area (Å²) in [5.41, 5.74) is 8.61. The monoisotopic (exact) mass is 444 g/mol. The lowest BCUT2D eigenvalue weighted by Crippen LogP contribution is -2.55. The summed E-state index contributed by atoms with van der Waals surface area (Å²) >= 11 is 0. The molecule has 1 unspecified atom stereocenters. The third-order valence-corrected chi connectivity index (χ3v) is 5.62. The van der Waals surface area contributed by atoms with Crippen LogP contribution >= 0.6 is 0 Å². The largest absolute Gasteiger partial charge is 0.445 e. The first kappa shape index (κ1) is 22.0. The number of carbonyl (C=O) groups excluding carboxylic acids is 3. The molecule has 0 radical (unpaired) electrons. The van der Waals surface area contributed by atoms with Crippen molar-refractivity contribution in [2.24, 2.45) is 11.6 Å². The second kappa shape index (κ2) is 9.54. The second-order valence-corrected chi connectivity index (χ2v) is 7.78. The van der Waals surface area contributed by atoms with E-state index < -0.39 is 23.9 Å². The Kier molecular flexibility index (Phi) is 6.37. The van der Waals surface area contributed by atoms with Crippen molar-refractivity contribution in [3.63, 3.8) is 0 Å². The highest BCUT2D eigenvalue weighted by Crippen LogP contribution is 2.26. The van der Waals surface area contributed by atoms with Crippen molar-refractivity contribution >= 4 is 23.6 Å². The van der Waals surface area contributed by atoms with Crippen molar-refractivity contribution in [3.05, 3.63) is 101 Å². The fraction of sp³-hybridized carbons (Fsp3) is 0.160. The smallest absolute Gasteiger partial charge is 0.411 e. The molecule has 1 heterocycles. The molecule has 4 rings (SSSR count). The molecule has 0 aromatic heterocycles. The van der Waals surface area contributed by atoms with Gasteiger partial charge in [-0.3, -0.25) is 14.5 Å². The lowest BCUT2D eigenvalue weighted by molar-refractivity contribution is -0.124. The predicted molar refractivity (Wildman–Crippen MR) is 123 cm³/mol. The van der Waals surface area contributed by atoms with Gasteiger partial charge in [-0.1, -0.05) is 60.7 Å². The molecule has 0 saturated carbocycles. The average Bonchev–Trinajstić information content (AvgIpc) is 2.86. The van der Waals surface area contributed by atoms with Crippen molar-refractivity contribution in [1.29, 1.82) is 0 Å². The lowest BCUT2D eigenvalue weighted by Gasteiger charge is -2.36. The minimum Gasteiger partial charge on any atom is -0.445 e. The number of ether oxygens (including phenoxy) is 1. The van der Waals surface area contributed by atoms with Gasteiger partial charge in [0, 0.05) is 12.0 Å². The molecule has 1 aliphatic heterocycles. The average molecular weight is 444 g/mol. The number of nitrogens with zero attached hydrogens (tertiary/aromatic N) is 2. The summed E-state index contributed by atoms with van der Waals surface area (Å²) in [7, 11) is 0. The quantitative estimate of drug-likeness (QED) is 0.356. The summed E-state index contributed by atoms with van der Waals surface area (Å²) in [6.45, 7) is 0.307. The van der Waals surface area contributed by atoms with Crippen LogP contribution in [0.15, 0.2) is 78.9 Å². The Morgan fingerprint density at radius 1 is 0.939 bits per heavy atom. The molecular weight excluding hydrogens is 420 g/mol. The van der Waals surface area contributed by atoms with Crippen LogP contribution < -0.4 is 16.6 Å². The fourth-order valence-corrected chi connectivity index (χ4v) is 3.83. The first-order chi connectivity index (χ1) is 15.9. The fourth-order valence-electron chi connectivity index (χ4n) is 3.83. The summed E-state index contributed by atoms with van der Waals surface area (Å²) in [6, 6.07) is 22.2. The molecule has 3 aromatic rings. The van der Waals surface area contributed by atoms with E-state index in [9.17, 15) is 14.4 Å². The Hall–Kier alpha value is -4.17. The minimum atomic E-state index is -0.870. The number of primary amides is 1. The van der Waals surface area contributed by atoms with Crippen molar-refractivity contribution in [2.75, 3.05) is 5.01 Å². The van der Waals surface area contributed by atoms with E-state index in [0.717, 1.165) is 21.7 Å². The molecule has 33 heavy (non-hydrogen) atoms. The summed E-state index contributed by atoms with van der Waals surface area (Å²) in [6.07, 6.45) is -0.315. The molecule has 0 bridgehead atoms. The number of benzene rings is 3. The van der Waals surface area contributed by atoms with Crippen LogP contribution in [0.4, 0.5) is 10.5 Å². The Balaban J connectivity index is 1.58. The van der Waals surface area contributed by atoms with Gasteiger partial charge in [0.15, 0.2) is 0 Å². The molecule has 1 atom stereocenters. The number of hydrogen-bond acceptors (Lipinski definition) is 5. The summed E-state index contributed by atoms with van der Waals surface area (Å²) in [4.78, 5) is 39.4. The van der Waals surface area contributed by atoms with Gasteiger partial charge in [0.25, 0.3) is 5.91 Å². The first-order valence-corrected chi connectivity index (χ1v) is 10.5. The van der Waals surface area contributed by atoms with E-state index in [1.54, 1.807) is 12.1 Å². The van der Waals surface area contributed by atoms with Gasteiger partial charge in [-0.05, 0) is 34.9 Å². The van der Waals surface area contributed by atoms with Crippen LogP contribution in [-0.4, -0.2) is 28.8 Å². The molecular formula is C25H24N4O4. The van der Waals surface area contributed by atoms with E-state index >= 15 is 0 Å². The van der Waals surface area contributed by atoms with E-state index in [1.807, 2.05) is 54.6 Å². The standard InChI is InChI=1S/C25H24N4O4/c26-23(30)19-11-6-12-21(13-19)29(27)24(31)22-14-18-9-4-5-10-20(18)15-28(22)25(32)33-16-17-7-2-1-3-8-17/h1-13,22H,14-16,27H2,(H2,26,30). The molecule has 8 nitrogen and oxygen atoms in total. The Labute approximate surface area is 191 Å². The van der Waals surface area contributed by atoms with Gasteiger partial charge < -0.3 is 10.5 Å². The lowest BCUT2D eigenvalue weighted by atomic mass is 9.93. The van der Waals surface area contributed by atoms with Gasteiger partial charge in [-0.15, -0.1) is 0 Å². The SMILES string of the molecule is NC(=O)c1cccc(N(N)C(=O)C2Cc3ccccc3CN2C(=O)OCc2ccccc2)c1. The normalized spacial score (nSPS) is 14.8. The third kappa shape index (κ3) is 4.86. The van der Waals surface area contributed by atoms with Crippen LogP contribution in [0, 0.1) is 0 Å². The Morgan fingerprint density at radius 3 is 2.36 bits per heavy atom. The van der Waals surface area contributed by atoms with Crippen molar-refractivity contribution in [1.82, 2.24) is 4.90 Å². The zero-order chi connectivity index (χ0) is 23.4. The van der Waals surface area contributed by atoms with Gasteiger partial charge in [0.2, 0.25) is 5.91 Å². The highest BCUT2D eigenvalue weighted by atomic mass is 16.6. The van der Waals surface area contributed by atoms with Crippen LogP contribution in [0.1, 0.15) is 27.0 Å². The molecule has 1 aliphatic rings. The topological polar surface area (TPSA) is 119 Å². The van der Waals surface area contributed by atoms with Crippen LogP contribution in [0.3, 0.4) is 0 Å². The van der Waals surface area contributed by atoms with E-state index in [4.69, 9.17) is 16.3 Å². The molecule has 168 valence electrons. The maximum absolute atomic E-state index is 13.4. The summed E-state index contributed by atoms with van der Waals surface area (Å²) in [5.74, 6) is 5.01. The molecule has 0 saturated heterocycles. The Morgan fingerprint density at radius 2 is 1.64 bits per heavy atom. The predicted octanol–water partition coefficient (Wildman–Crippen LogP) is 2.76. The van der Waals surface area contributed by atoms with Gasteiger partial charge in [-0.25, -0.2) is 15.6 Å². The molecule has 8 heteroatoms. The zero-order valence-electron chi connectivity index (χ0n) is 17.9. The third-order valence-electron chi connectivity index (χ3n) is 5.62. The number of carbonyl (C=O) groups is 3. The van der Waals surface area contributed by atoms with Gasteiger partial charge in [0.05, 0.1) is 12.2 Å². The van der Waals surface area contributed by atoms with Crippen molar-refractivity contribution < 1.29 is 19.1 Å². The van der Waals surface area contributed by atoms with Gasteiger partial charge in [-0.2, -0.15) is 0 Å². The van der Waals surface area contributed by atoms with Gasteiger partial charge >= 0.3 is 6.09 Å².